The Bertz CT molecular complexity index is 609. The molecule has 1 aromatic rings. The van der Waals surface area contributed by atoms with Gasteiger partial charge in [-0.3, -0.25) is 0 Å². The maximum absolute atomic E-state index is 12.7. The molecule has 1 aliphatic rings. The van der Waals surface area contributed by atoms with Gasteiger partial charge in [0, 0.05) is 12.6 Å². The van der Waals surface area contributed by atoms with Crippen LogP contribution in [0.2, 0.25) is 0 Å². The summed E-state index contributed by atoms with van der Waals surface area (Å²) in [5.41, 5.74) is 10.9. The van der Waals surface area contributed by atoms with Crippen LogP contribution < -0.4 is 11.5 Å². The molecule has 4 N–H and O–H groups in total. The summed E-state index contributed by atoms with van der Waals surface area (Å²) in [5.74, 6) is 0.0741. The van der Waals surface area contributed by atoms with Gasteiger partial charge in [0.25, 0.3) is 0 Å². The van der Waals surface area contributed by atoms with E-state index in [0.29, 0.717) is 0 Å². The number of alkyl halides is 3. The van der Waals surface area contributed by atoms with Gasteiger partial charge in [0.15, 0.2) is 5.96 Å². The third kappa shape index (κ3) is 4.61. The van der Waals surface area contributed by atoms with Gasteiger partial charge in [0.1, 0.15) is 0 Å². The first-order valence-corrected chi connectivity index (χ1v) is 7.39. The molecule has 1 fully saturated rings. The lowest BCUT2D eigenvalue weighted by molar-refractivity contribution is -0.137. The Balaban J connectivity index is 2.17. The van der Waals surface area contributed by atoms with Crippen LogP contribution in [0.25, 0.3) is 0 Å². The average Bonchev–Trinajstić information content (AvgIpc) is 2.46. The molecule has 1 heterocycles. The fraction of sp³-hybridized carbons (Fsp3) is 0.467. The lowest BCUT2D eigenvalue weighted by Gasteiger charge is -2.34. The van der Waals surface area contributed by atoms with Gasteiger partial charge < -0.3 is 16.4 Å². The molecule has 0 aliphatic carbocycles. The monoisotopic (exact) mass is 327 g/mol. The second-order valence-corrected chi connectivity index (χ2v) is 5.53. The molecular weight excluding hydrogens is 307 g/mol. The number of likely N-dealkylation sites (tertiary alicyclic amines) is 1. The number of hydrogen-bond acceptors (Lipinski definition) is 1. The Labute approximate surface area is 132 Å². The molecule has 0 saturated carbocycles. The Hall–Kier alpha value is -2.25. The van der Waals surface area contributed by atoms with E-state index in [4.69, 9.17) is 11.5 Å². The first kappa shape index (κ1) is 17.1. The molecule has 5 nitrogen and oxygen atoms in total. The quantitative estimate of drug-likeness (QED) is 0.615. The lowest BCUT2D eigenvalue weighted by atomic mass is 10.0. The molecule has 0 amide bonds. The predicted molar refractivity (Wildman–Crippen MR) is 84.4 cm³/mol. The minimum atomic E-state index is -4.42. The van der Waals surface area contributed by atoms with Crippen LogP contribution >= 0.6 is 0 Å². The molecular formula is C15H20F3N5. The van der Waals surface area contributed by atoms with Crippen LogP contribution in [0, 0.1) is 0 Å². The molecule has 0 aromatic heterocycles. The second kappa shape index (κ2) is 6.89. The van der Waals surface area contributed by atoms with Gasteiger partial charge in [-0.15, -0.1) is 0 Å². The number of hydrogen-bond donors (Lipinski definition) is 2. The molecule has 0 bridgehead atoms. The van der Waals surface area contributed by atoms with Gasteiger partial charge in [-0.25, -0.2) is 4.99 Å². The highest BCUT2D eigenvalue weighted by Crippen LogP contribution is 2.31. The Morgan fingerprint density at radius 3 is 2.65 bits per heavy atom. The Kier molecular flexibility index (Phi) is 5.12. The summed E-state index contributed by atoms with van der Waals surface area (Å²) in [5, 5.41) is 0. The van der Waals surface area contributed by atoms with Gasteiger partial charge in [-0.2, -0.15) is 18.2 Å². The number of aliphatic imine (C=N–C) groups is 2. The largest absolute Gasteiger partial charge is 0.416 e. The standard InChI is InChI=1S/C15H20F3N5/c1-10-5-2-3-8-23(10)14(20)22-13(19)21-12-7-4-6-11(9-12)15(16,17)18/h4,6-7,9-10H,2-3,5,8H2,1H3,(H4,19,20,21,22). The molecule has 0 radical (unpaired) electrons. The van der Waals surface area contributed by atoms with Crippen LogP contribution in [0.15, 0.2) is 34.3 Å². The summed E-state index contributed by atoms with van der Waals surface area (Å²) in [7, 11) is 0. The van der Waals surface area contributed by atoms with Gasteiger partial charge in [-0.1, -0.05) is 6.07 Å². The fourth-order valence-corrected chi connectivity index (χ4v) is 2.53. The lowest BCUT2D eigenvalue weighted by Crippen LogP contribution is -2.46. The molecule has 1 aliphatic heterocycles. The van der Waals surface area contributed by atoms with E-state index in [1.807, 2.05) is 11.8 Å². The minimum absolute atomic E-state index is 0.0839. The van der Waals surface area contributed by atoms with Crippen molar-refractivity contribution < 1.29 is 13.2 Å². The van der Waals surface area contributed by atoms with Crippen LogP contribution in [0.3, 0.4) is 0 Å². The average molecular weight is 327 g/mol. The van der Waals surface area contributed by atoms with Crippen molar-refractivity contribution in [2.75, 3.05) is 6.54 Å². The van der Waals surface area contributed by atoms with Crippen molar-refractivity contribution in [2.24, 2.45) is 21.5 Å². The third-order valence-electron chi connectivity index (χ3n) is 3.74. The summed E-state index contributed by atoms with van der Waals surface area (Å²) in [6, 6.07) is 4.85. The van der Waals surface area contributed by atoms with Crippen molar-refractivity contribution in [1.29, 1.82) is 0 Å². The van der Waals surface area contributed by atoms with Crippen LogP contribution in [-0.4, -0.2) is 29.4 Å². The zero-order chi connectivity index (χ0) is 17.0. The maximum atomic E-state index is 12.7. The summed E-state index contributed by atoms with van der Waals surface area (Å²) in [6.45, 7) is 2.83. The molecule has 1 unspecified atom stereocenters. The van der Waals surface area contributed by atoms with Crippen molar-refractivity contribution in [3.63, 3.8) is 0 Å². The number of piperidine rings is 1. The maximum Gasteiger partial charge on any atom is 0.416 e. The van der Waals surface area contributed by atoms with Crippen molar-refractivity contribution in [1.82, 2.24) is 4.90 Å². The number of nitrogens with zero attached hydrogens (tertiary/aromatic N) is 3. The van der Waals surface area contributed by atoms with Crippen LogP contribution in [0.5, 0.6) is 0 Å². The minimum Gasteiger partial charge on any atom is -0.369 e. The molecule has 1 atom stereocenters. The van der Waals surface area contributed by atoms with Crippen molar-refractivity contribution >= 4 is 17.6 Å². The Morgan fingerprint density at radius 2 is 2.00 bits per heavy atom. The van der Waals surface area contributed by atoms with Crippen molar-refractivity contribution in [3.8, 4) is 0 Å². The highest BCUT2D eigenvalue weighted by Gasteiger charge is 2.30. The number of benzene rings is 1. The summed E-state index contributed by atoms with van der Waals surface area (Å²) < 4.78 is 38.0. The van der Waals surface area contributed by atoms with Gasteiger partial charge in [-0.05, 0) is 44.4 Å². The molecule has 2 rings (SSSR count). The summed E-state index contributed by atoms with van der Waals surface area (Å²) >= 11 is 0. The van der Waals surface area contributed by atoms with Crippen LogP contribution in [0.4, 0.5) is 18.9 Å². The van der Waals surface area contributed by atoms with Gasteiger partial charge in [0.2, 0.25) is 5.96 Å². The topological polar surface area (TPSA) is 80.0 Å². The van der Waals surface area contributed by atoms with E-state index in [-0.39, 0.29) is 23.6 Å². The summed E-state index contributed by atoms with van der Waals surface area (Å²) in [6.07, 6.45) is -1.25. The van der Waals surface area contributed by atoms with E-state index in [1.165, 1.54) is 12.1 Å². The van der Waals surface area contributed by atoms with Crippen LogP contribution in [-0.2, 0) is 6.18 Å². The van der Waals surface area contributed by atoms with E-state index in [9.17, 15) is 13.2 Å². The smallest absolute Gasteiger partial charge is 0.369 e. The number of halogens is 3. The van der Waals surface area contributed by atoms with Crippen LogP contribution in [0.1, 0.15) is 31.7 Å². The van der Waals surface area contributed by atoms with Crippen molar-refractivity contribution in [2.45, 2.75) is 38.4 Å². The highest BCUT2D eigenvalue weighted by molar-refractivity contribution is 5.94. The third-order valence-corrected chi connectivity index (χ3v) is 3.74. The van der Waals surface area contributed by atoms with Gasteiger partial charge >= 0.3 is 6.18 Å². The molecule has 1 aromatic carbocycles. The van der Waals surface area contributed by atoms with E-state index >= 15 is 0 Å². The Morgan fingerprint density at radius 1 is 1.26 bits per heavy atom. The fourth-order valence-electron chi connectivity index (χ4n) is 2.53. The predicted octanol–water partition coefficient (Wildman–Crippen LogP) is 2.84. The SMILES string of the molecule is CC1CCCCN1/C(N)=N/C(N)=Nc1cccc(C(F)(F)F)c1. The van der Waals surface area contributed by atoms with E-state index in [2.05, 4.69) is 9.98 Å². The second-order valence-electron chi connectivity index (χ2n) is 5.53. The number of guanidine groups is 2. The van der Waals surface area contributed by atoms with E-state index < -0.39 is 11.7 Å². The first-order valence-electron chi connectivity index (χ1n) is 7.39. The van der Waals surface area contributed by atoms with E-state index in [0.717, 1.165) is 37.9 Å². The number of nitrogens with two attached hydrogens (primary N) is 2. The van der Waals surface area contributed by atoms with Gasteiger partial charge in [0.05, 0.1) is 11.3 Å². The first-order chi connectivity index (χ1) is 10.8. The molecule has 23 heavy (non-hydrogen) atoms. The van der Waals surface area contributed by atoms with Crippen molar-refractivity contribution in [3.05, 3.63) is 29.8 Å². The highest BCUT2D eigenvalue weighted by atomic mass is 19.4. The molecule has 1 saturated heterocycles. The number of rotatable bonds is 1. The molecule has 126 valence electrons. The zero-order valence-electron chi connectivity index (χ0n) is 12.8. The molecule has 8 heteroatoms. The van der Waals surface area contributed by atoms with E-state index in [1.54, 1.807) is 0 Å². The molecule has 0 spiro atoms. The zero-order valence-corrected chi connectivity index (χ0v) is 12.8. The summed E-state index contributed by atoms with van der Waals surface area (Å²) in [4.78, 5) is 9.83. The normalized spacial score (nSPS) is 20.7.